The molecule has 0 fully saturated rings. The molecule has 0 aliphatic heterocycles. The van der Waals surface area contributed by atoms with Crippen molar-refractivity contribution in [3.63, 3.8) is 0 Å². The van der Waals surface area contributed by atoms with E-state index in [1.807, 2.05) is 30.3 Å². The molecular weight excluding hydrogens is 228 g/mol. The van der Waals surface area contributed by atoms with Gasteiger partial charge in [-0.05, 0) is 22.8 Å². The summed E-state index contributed by atoms with van der Waals surface area (Å²) in [6.45, 7) is 0. The molecule has 2 aromatic carbocycles. The lowest BCUT2D eigenvalue weighted by Crippen LogP contribution is -1.94. The summed E-state index contributed by atoms with van der Waals surface area (Å²) in [6, 6.07) is 13.1. The first-order valence-electron chi connectivity index (χ1n) is 5.40. The molecule has 1 aromatic heterocycles. The number of azide groups is 1. The van der Waals surface area contributed by atoms with Crippen LogP contribution in [0.4, 0.5) is 0 Å². The number of hydrogen-bond donors (Lipinski definition) is 1. The van der Waals surface area contributed by atoms with E-state index in [-0.39, 0.29) is 0 Å². The summed E-state index contributed by atoms with van der Waals surface area (Å²) < 4.78 is 0. The van der Waals surface area contributed by atoms with Crippen molar-refractivity contribution in [1.29, 1.82) is 0 Å². The molecule has 0 aliphatic carbocycles. The molecule has 5 nitrogen and oxygen atoms in total. The average molecular weight is 236 g/mol. The Bertz CT molecular complexity index is 812. The Labute approximate surface area is 102 Å². The van der Waals surface area contributed by atoms with Crippen LogP contribution in [0.25, 0.3) is 32.2 Å². The van der Waals surface area contributed by atoms with Crippen molar-refractivity contribution in [1.82, 2.24) is 4.98 Å². The Morgan fingerprint density at radius 1 is 1.11 bits per heavy atom. The molecule has 0 atom stereocenters. The number of hydrogen-bond acceptors (Lipinski definition) is 1. The number of nitrogens with zero attached hydrogens (tertiary/aromatic N) is 3. The normalized spacial score (nSPS) is 10.4. The summed E-state index contributed by atoms with van der Waals surface area (Å²) in [5, 5.41) is 5.13. The quantitative estimate of drug-likeness (QED) is 0.389. The summed E-state index contributed by atoms with van der Waals surface area (Å²) in [5.74, 6) is -0.574. The van der Waals surface area contributed by atoms with Crippen LogP contribution in [0.1, 0.15) is 10.4 Å². The van der Waals surface area contributed by atoms with Gasteiger partial charge in [0.2, 0.25) is 0 Å². The van der Waals surface area contributed by atoms with Crippen molar-refractivity contribution in [2.45, 2.75) is 0 Å². The van der Waals surface area contributed by atoms with Gasteiger partial charge in [-0.15, -0.1) is 0 Å². The largest absolute Gasteiger partial charge is 0.354 e. The third-order valence-electron chi connectivity index (χ3n) is 2.91. The third-order valence-corrected chi connectivity index (χ3v) is 2.91. The zero-order valence-electron chi connectivity index (χ0n) is 9.29. The highest BCUT2D eigenvalue weighted by molar-refractivity contribution is 6.15. The second-order valence-corrected chi connectivity index (χ2v) is 3.89. The third kappa shape index (κ3) is 1.43. The number of aromatic amines is 1. The molecule has 3 rings (SSSR count). The van der Waals surface area contributed by atoms with Gasteiger partial charge in [-0.25, -0.2) is 0 Å². The molecule has 1 amide bonds. The maximum atomic E-state index is 11.7. The molecule has 0 saturated heterocycles. The number of carbonyl (C=O) groups is 1. The molecule has 0 spiro atoms. The van der Waals surface area contributed by atoms with Crippen LogP contribution >= 0.6 is 0 Å². The number of para-hydroxylation sites is 2. The molecule has 0 saturated carbocycles. The molecule has 1 heterocycles. The first kappa shape index (κ1) is 10.4. The topological polar surface area (TPSA) is 81.6 Å². The van der Waals surface area contributed by atoms with E-state index < -0.39 is 5.91 Å². The van der Waals surface area contributed by atoms with Crippen LogP contribution in [0.15, 0.2) is 47.6 Å². The van der Waals surface area contributed by atoms with Crippen molar-refractivity contribution in [3.05, 3.63) is 58.5 Å². The Balaban J connectivity index is 2.41. The van der Waals surface area contributed by atoms with Crippen LogP contribution in [-0.4, -0.2) is 10.9 Å². The number of carbonyl (C=O) groups excluding carboxylic acids is 1. The molecule has 18 heavy (non-hydrogen) atoms. The molecule has 3 aromatic rings. The predicted molar refractivity (Wildman–Crippen MR) is 69.3 cm³/mol. The Morgan fingerprint density at radius 2 is 1.89 bits per heavy atom. The number of benzene rings is 2. The first-order valence-corrected chi connectivity index (χ1v) is 5.40. The smallest absolute Gasteiger partial charge is 0.251 e. The lowest BCUT2D eigenvalue weighted by molar-refractivity contribution is 0.100. The first-order chi connectivity index (χ1) is 8.81. The fraction of sp³-hybridized carbons (Fsp3) is 0. The zero-order valence-corrected chi connectivity index (χ0v) is 9.29. The second-order valence-electron chi connectivity index (χ2n) is 3.89. The summed E-state index contributed by atoms with van der Waals surface area (Å²) >= 11 is 0. The lowest BCUT2D eigenvalue weighted by Gasteiger charge is -1.96. The van der Waals surface area contributed by atoms with Crippen molar-refractivity contribution in [2.24, 2.45) is 5.11 Å². The van der Waals surface area contributed by atoms with Crippen LogP contribution in [0.3, 0.4) is 0 Å². The van der Waals surface area contributed by atoms with Crippen molar-refractivity contribution >= 4 is 27.7 Å². The van der Waals surface area contributed by atoms with E-state index in [1.165, 1.54) is 0 Å². The Morgan fingerprint density at radius 3 is 2.72 bits per heavy atom. The molecule has 0 aliphatic rings. The zero-order chi connectivity index (χ0) is 12.5. The predicted octanol–water partition coefficient (Wildman–Crippen LogP) is 3.77. The minimum Gasteiger partial charge on any atom is -0.354 e. The van der Waals surface area contributed by atoms with E-state index in [1.54, 1.807) is 12.1 Å². The summed E-state index contributed by atoms with van der Waals surface area (Å²) in [7, 11) is 0. The monoisotopic (exact) mass is 236 g/mol. The van der Waals surface area contributed by atoms with E-state index in [0.717, 1.165) is 16.3 Å². The lowest BCUT2D eigenvalue weighted by atomic mass is 10.1. The van der Waals surface area contributed by atoms with Gasteiger partial charge in [0.15, 0.2) is 0 Å². The summed E-state index contributed by atoms with van der Waals surface area (Å²) in [6.07, 6.45) is 0. The maximum absolute atomic E-state index is 11.7. The fourth-order valence-corrected chi connectivity index (χ4v) is 2.15. The van der Waals surface area contributed by atoms with Crippen LogP contribution in [0, 0.1) is 0 Å². The van der Waals surface area contributed by atoms with Crippen molar-refractivity contribution in [2.75, 3.05) is 0 Å². The van der Waals surface area contributed by atoms with E-state index in [4.69, 9.17) is 5.53 Å². The number of rotatable bonds is 1. The van der Waals surface area contributed by atoms with Crippen LogP contribution in [0.2, 0.25) is 0 Å². The molecule has 0 bridgehead atoms. The van der Waals surface area contributed by atoms with E-state index >= 15 is 0 Å². The SMILES string of the molecule is [N-]=[N+]=NC(=O)c1cccc2c1[nH]c1ccccc12. The van der Waals surface area contributed by atoms with Gasteiger partial charge in [0.05, 0.1) is 5.52 Å². The second kappa shape index (κ2) is 3.91. The molecule has 1 N–H and O–H groups in total. The highest BCUT2D eigenvalue weighted by Crippen LogP contribution is 2.27. The molecule has 0 unspecified atom stereocenters. The van der Waals surface area contributed by atoms with Gasteiger partial charge in [0, 0.05) is 26.8 Å². The summed E-state index contributed by atoms with van der Waals surface area (Å²) in [4.78, 5) is 17.4. The highest BCUT2D eigenvalue weighted by atomic mass is 16.1. The van der Waals surface area contributed by atoms with Gasteiger partial charge in [-0.2, -0.15) is 0 Å². The fourth-order valence-electron chi connectivity index (χ4n) is 2.15. The molecule has 5 heteroatoms. The van der Waals surface area contributed by atoms with Crippen molar-refractivity contribution in [3.8, 4) is 0 Å². The van der Waals surface area contributed by atoms with E-state index in [9.17, 15) is 4.79 Å². The number of H-pyrrole nitrogens is 1. The van der Waals surface area contributed by atoms with E-state index in [0.29, 0.717) is 11.1 Å². The number of fused-ring (bicyclic) bond motifs is 3. The molecule has 0 radical (unpaired) electrons. The minimum absolute atomic E-state index is 0.390. The maximum Gasteiger partial charge on any atom is 0.251 e. The van der Waals surface area contributed by atoms with Crippen LogP contribution < -0.4 is 0 Å². The van der Waals surface area contributed by atoms with Crippen LogP contribution in [0.5, 0.6) is 0 Å². The number of amides is 1. The average Bonchev–Trinajstić information content (AvgIpc) is 2.77. The standard InChI is InChI=1S/C13H8N4O/c14-17-16-13(18)10-6-3-5-9-8-4-1-2-7-11(8)15-12(9)10/h1-7,15H. The Kier molecular flexibility index (Phi) is 2.25. The van der Waals surface area contributed by atoms with Gasteiger partial charge < -0.3 is 4.98 Å². The number of nitrogens with one attached hydrogen (secondary N) is 1. The molecular formula is C13H8N4O. The summed E-state index contributed by atoms with van der Waals surface area (Å²) in [5.41, 5.74) is 10.4. The number of aromatic nitrogens is 1. The van der Waals surface area contributed by atoms with Gasteiger partial charge in [0.25, 0.3) is 5.91 Å². The van der Waals surface area contributed by atoms with Gasteiger partial charge in [-0.3, -0.25) is 4.79 Å². The minimum atomic E-state index is -0.574. The van der Waals surface area contributed by atoms with Crippen molar-refractivity contribution < 1.29 is 4.79 Å². The van der Waals surface area contributed by atoms with Gasteiger partial charge in [0.1, 0.15) is 0 Å². The van der Waals surface area contributed by atoms with E-state index in [2.05, 4.69) is 15.0 Å². The van der Waals surface area contributed by atoms with Crippen LogP contribution in [-0.2, 0) is 0 Å². The molecule has 86 valence electrons. The van der Waals surface area contributed by atoms with Gasteiger partial charge >= 0.3 is 0 Å². The Hall–Kier alpha value is -2.78. The van der Waals surface area contributed by atoms with Gasteiger partial charge in [-0.1, -0.05) is 30.3 Å². The highest BCUT2D eigenvalue weighted by Gasteiger charge is 2.11.